The van der Waals surface area contributed by atoms with E-state index >= 15 is 0 Å². The number of hydrogen-bond acceptors (Lipinski definition) is 4. The molecule has 6 rings (SSSR count). The van der Waals surface area contributed by atoms with Crippen LogP contribution in [-0.4, -0.2) is 46.9 Å². The molecule has 0 saturated carbocycles. The molecule has 4 aromatic rings. The zero-order valence-electron chi connectivity index (χ0n) is 19.4. The van der Waals surface area contributed by atoms with Crippen molar-refractivity contribution in [2.24, 2.45) is 0 Å². The number of aromatic nitrogens is 1. The van der Waals surface area contributed by atoms with Crippen LogP contribution in [0.15, 0.2) is 85.1 Å². The molecule has 0 bridgehead atoms. The Labute approximate surface area is 207 Å². The maximum Gasteiger partial charge on any atom is 0.325 e. The van der Waals surface area contributed by atoms with Gasteiger partial charge >= 0.3 is 6.03 Å². The van der Waals surface area contributed by atoms with Crippen LogP contribution < -0.4 is 15.0 Å². The van der Waals surface area contributed by atoms with Crippen molar-refractivity contribution in [1.29, 1.82) is 0 Å². The molecule has 3 aromatic carbocycles. The smallest absolute Gasteiger partial charge is 0.325 e. The molecule has 1 saturated heterocycles. The number of nitrogens with one attached hydrogen (secondary N) is 2. The van der Waals surface area contributed by atoms with E-state index in [0.717, 1.165) is 26.9 Å². The van der Waals surface area contributed by atoms with Crippen LogP contribution in [0.4, 0.5) is 10.5 Å². The van der Waals surface area contributed by atoms with E-state index in [1.54, 1.807) is 4.90 Å². The molecule has 2 aliphatic rings. The normalized spacial score (nSPS) is 19.2. The maximum atomic E-state index is 13.7. The van der Waals surface area contributed by atoms with Gasteiger partial charge in [0.2, 0.25) is 5.91 Å². The van der Waals surface area contributed by atoms with Gasteiger partial charge in [0.15, 0.2) is 0 Å². The number of carbonyl (C=O) groups excluding carboxylic acids is 3. The fourth-order valence-corrected chi connectivity index (χ4v) is 5.01. The molecular formula is C28H24N4O4. The Morgan fingerprint density at radius 1 is 0.944 bits per heavy atom. The summed E-state index contributed by atoms with van der Waals surface area (Å²) in [6.45, 7) is -0.0805. The lowest BCUT2D eigenvalue weighted by molar-refractivity contribution is -0.131. The fraction of sp³-hybridized carbons (Fsp3) is 0.179. The van der Waals surface area contributed by atoms with Crippen LogP contribution in [-0.2, 0) is 16.0 Å². The summed E-state index contributed by atoms with van der Waals surface area (Å²) in [6, 6.07) is 23.0. The molecule has 1 fully saturated rings. The molecule has 2 atom stereocenters. The number of rotatable bonds is 5. The van der Waals surface area contributed by atoms with E-state index in [-0.39, 0.29) is 25.1 Å². The number of urea groups is 1. The predicted molar refractivity (Wildman–Crippen MR) is 135 cm³/mol. The van der Waals surface area contributed by atoms with Crippen LogP contribution in [0.5, 0.6) is 5.75 Å². The Morgan fingerprint density at radius 2 is 1.69 bits per heavy atom. The van der Waals surface area contributed by atoms with Crippen molar-refractivity contribution >= 4 is 34.4 Å². The molecule has 8 heteroatoms. The molecule has 3 heterocycles. The van der Waals surface area contributed by atoms with E-state index in [9.17, 15) is 14.4 Å². The molecular weight excluding hydrogens is 456 g/mol. The number of para-hydroxylation sites is 3. The number of benzene rings is 3. The number of fused-ring (bicyclic) bond motifs is 2. The molecule has 0 aliphatic carbocycles. The Morgan fingerprint density at radius 3 is 2.56 bits per heavy atom. The van der Waals surface area contributed by atoms with Crippen molar-refractivity contribution in [2.45, 2.75) is 18.5 Å². The maximum absolute atomic E-state index is 13.7. The SMILES string of the molecule is O=C1N[C@@H](Cc2c[nH]c3ccccc23)C(=O)N1CC(=O)N1c2ccccc2OC[C@@H]1c1ccccc1. The van der Waals surface area contributed by atoms with Gasteiger partial charge in [0.25, 0.3) is 5.91 Å². The fourth-order valence-electron chi connectivity index (χ4n) is 5.01. The highest BCUT2D eigenvalue weighted by Crippen LogP contribution is 2.39. The number of aromatic amines is 1. The second-order valence-electron chi connectivity index (χ2n) is 8.96. The molecule has 0 spiro atoms. The molecule has 1 aromatic heterocycles. The average molecular weight is 481 g/mol. The van der Waals surface area contributed by atoms with Gasteiger partial charge in [0, 0.05) is 23.5 Å². The van der Waals surface area contributed by atoms with E-state index in [0.29, 0.717) is 17.9 Å². The van der Waals surface area contributed by atoms with Gasteiger partial charge in [0.1, 0.15) is 24.9 Å². The van der Waals surface area contributed by atoms with Crippen molar-refractivity contribution in [3.05, 3.63) is 96.2 Å². The third-order valence-corrected chi connectivity index (χ3v) is 6.79. The summed E-state index contributed by atoms with van der Waals surface area (Å²) < 4.78 is 5.94. The number of imide groups is 1. The number of H-pyrrole nitrogens is 1. The Kier molecular flexibility index (Phi) is 5.41. The van der Waals surface area contributed by atoms with Crippen molar-refractivity contribution in [3.63, 3.8) is 0 Å². The number of amides is 4. The molecule has 2 aliphatic heterocycles. The third kappa shape index (κ3) is 3.76. The highest BCUT2D eigenvalue weighted by molar-refractivity contribution is 6.09. The first-order chi connectivity index (χ1) is 17.6. The lowest BCUT2D eigenvalue weighted by Gasteiger charge is -2.37. The first-order valence-corrected chi connectivity index (χ1v) is 11.9. The summed E-state index contributed by atoms with van der Waals surface area (Å²) in [7, 11) is 0. The zero-order chi connectivity index (χ0) is 24.6. The van der Waals surface area contributed by atoms with Crippen molar-refractivity contribution in [2.75, 3.05) is 18.1 Å². The summed E-state index contributed by atoms with van der Waals surface area (Å²) in [4.78, 5) is 45.6. The predicted octanol–water partition coefficient (Wildman–Crippen LogP) is 3.80. The van der Waals surface area contributed by atoms with Crippen LogP contribution in [0.3, 0.4) is 0 Å². The molecule has 0 unspecified atom stereocenters. The van der Waals surface area contributed by atoms with Crippen LogP contribution in [0.2, 0.25) is 0 Å². The first-order valence-electron chi connectivity index (χ1n) is 11.9. The topological polar surface area (TPSA) is 94.7 Å². The monoisotopic (exact) mass is 480 g/mol. The number of hydrogen-bond donors (Lipinski definition) is 2. The van der Waals surface area contributed by atoms with Crippen molar-refractivity contribution in [3.8, 4) is 5.75 Å². The summed E-state index contributed by atoms with van der Waals surface area (Å²) in [5, 5.41) is 3.76. The van der Waals surface area contributed by atoms with Crippen LogP contribution >= 0.6 is 0 Å². The van der Waals surface area contributed by atoms with Gasteiger partial charge in [-0.2, -0.15) is 0 Å². The molecule has 2 N–H and O–H groups in total. The second-order valence-corrected chi connectivity index (χ2v) is 8.96. The van der Waals surface area contributed by atoms with Gasteiger partial charge in [-0.15, -0.1) is 0 Å². The Hall–Kier alpha value is -4.59. The summed E-state index contributed by atoms with van der Waals surface area (Å²) in [5.74, 6) is -0.167. The molecule has 0 radical (unpaired) electrons. The van der Waals surface area contributed by atoms with Crippen LogP contribution in [0, 0.1) is 0 Å². The standard InChI is InChI=1S/C28H24N4O4/c33-26(32-23-12-6-7-13-25(23)36-17-24(32)18-8-2-1-3-9-18)16-31-27(34)22(30-28(31)35)14-19-15-29-21-11-5-4-10-20(19)21/h1-13,15,22,24,29H,14,16-17H2,(H,30,35)/t22-,24+/m0/s1. The first kappa shape index (κ1) is 21.9. The average Bonchev–Trinajstić information content (AvgIpc) is 3.44. The van der Waals surface area contributed by atoms with Gasteiger partial charge in [-0.05, 0) is 29.3 Å². The van der Waals surface area contributed by atoms with Gasteiger partial charge < -0.3 is 15.0 Å². The largest absolute Gasteiger partial charge is 0.489 e. The van der Waals surface area contributed by atoms with Gasteiger partial charge in [-0.25, -0.2) is 4.79 Å². The summed E-state index contributed by atoms with van der Waals surface area (Å²) >= 11 is 0. The number of nitrogens with zero attached hydrogens (tertiary/aromatic N) is 2. The summed E-state index contributed by atoms with van der Waals surface area (Å²) in [6.07, 6.45) is 2.19. The second kappa shape index (κ2) is 8.88. The Bertz CT molecular complexity index is 1460. The van der Waals surface area contributed by atoms with Crippen LogP contribution in [0.25, 0.3) is 10.9 Å². The van der Waals surface area contributed by atoms with E-state index in [1.807, 2.05) is 85.1 Å². The minimum absolute atomic E-state index is 0.274. The van der Waals surface area contributed by atoms with Crippen LogP contribution in [0.1, 0.15) is 17.2 Å². The van der Waals surface area contributed by atoms with E-state index in [4.69, 9.17) is 4.74 Å². The number of anilines is 1. The minimum Gasteiger partial charge on any atom is -0.489 e. The highest BCUT2D eigenvalue weighted by Gasteiger charge is 2.42. The highest BCUT2D eigenvalue weighted by atomic mass is 16.5. The van der Waals surface area contributed by atoms with Gasteiger partial charge in [-0.3, -0.25) is 19.4 Å². The molecule has 8 nitrogen and oxygen atoms in total. The van der Waals surface area contributed by atoms with Gasteiger partial charge in [-0.1, -0.05) is 60.7 Å². The quantitative estimate of drug-likeness (QED) is 0.425. The van der Waals surface area contributed by atoms with Gasteiger partial charge in [0.05, 0.1) is 11.7 Å². The molecule has 4 amide bonds. The van der Waals surface area contributed by atoms with Crippen molar-refractivity contribution in [1.82, 2.24) is 15.2 Å². The summed E-state index contributed by atoms with van der Waals surface area (Å²) in [5.41, 5.74) is 3.43. The lowest BCUT2D eigenvalue weighted by Crippen LogP contribution is -2.47. The number of carbonyl (C=O) groups is 3. The number of ether oxygens (including phenoxy) is 1. The van der Waals surface area contributed by atoms with Crippen molar-refractivity contribution < 1.29 is 19.1 Å². The Balaban J connectivity index is 1.25. The van der Waals surface area contributed by atoms with E-state index in [1.165, 1.54) is 0 Å². The van der Waals surface area contributed by atoms with E-state index in [2.05, 4.69) is 10.3 Å². The molecule has 180 valence electrons. The lowest BCUT2D eigenvalue weighted by atomic mass is 10.0. The molecule has 36 heavy (non-hydrogen) atoms. The van der Waals surface area contributed by atoms with E-state index < -0.39 is 18.0 Å². The third-order valence-electron chi connectivity index (χ3n) is 6.79. The minimum atomic E-state index is -0.730. The zero-order valence-corrected chi connectivity index (χ0v) is 19.4.